The van der Waals surface area contributed by atoms with Crippen LogP contribution in [0.1, 0.15) is 12.8 Å². The highest BCUT2D eigenvalue weighted by molar-refractivity contribution is 5.16. The van der Waals surface area contributed by atoms with Gasteiger partial charge in [0, 0.05) is 18.8 Å². The van der Waals surface area contributed by atoms with Crippen molar-refractivity contribution in [3.63, 3.8) is 0 Å². The van der Waals surface area contributed by atoms with Crippen LogP contribution in [0.5, 0.6) is 5.75 Å². The molecule has 0 spiro atoms. The molecule has 1 heterocycles. The lowest BCUT2D eigenvalue weighted by atomic mass is 10.3. The van der Waals surface area contributed by atoms with E-state index in [2.05, 4.69) is 4.98 Å². The van der Waals surface area contributed by atoms with E-state index < -0.39 is 12.6 Å². The minimum atomic E-state index is -4.10. The lowest BCUT2D eigenvalue weighted by Gasteiger charge is -2.07. The topological polar surface area (TPSA) is 22.1 Å². The normalized spacial score (nSPS) is 11.4. The van der Waals surface area contributed by atoms with Crippen LogP contribution in [0.4, 0.5) is 13.2 Å². The van der Waals surface area contributed by atoms with Crippen molar-refractivity contribution in [3.8, 4) is 5.75 Å². The summed E-state index contributed by atoms with van der Waals surface area (Å²) >= 11 is 0. The maximum absolute atomic E-state index is 11.7. The maximum Gasteiger partial charge on any atom is 0.389 e. The van der Waals surface area contributed by atoms with Crippen molar-refractivity contribution in [2.75, 3.05) is 6.61 Å². The predicted molar refractivity (Wildman–Crippen MR) is 45.0 cm³/mol. The number of hydrogen-bond donors (Lipinski definition) is 0. The van der Waals surface area contributed by atoms with E-state index in [1.54, 1.807) is 12.1 Å². The van der Waals surface area contributed by atoms with Crippen molar-refractivity contribution in [2.24, 2.45) is 0 Å². The fourth-order valence-corrected chi connectivity index (χ4v) is 0.897. The van der Waals surface area contributed by atoms with Gasteiger partial charge in [-0.2, -0.15) is 13.2 Å². The van der Waals surface area contributed by atoms with Crippen molar-refractivity contribution in [1.82, 2.24) is 4.98 Å². The average Bonchev–Trinajstić information content (AvgIpc) is 2.13. The Bertz CT molecular complexity index is 261. The predicted octanol–water partition coefficient (Wildman–Crippen LogP) is 2.80. The molecule has 0 fully saturated rings. The lowest BCUT2D eigenvalue weighted by Crippen LogP contribution is -2.09. The summed E-state index contributed by atoms with van der Waals surface area (Å²) in [4.78, 5) is 3.75. The number of alkyl halides is 3. The van der Waals surface area contributed by atoms with E-state index in [4.69, 9.17) is 4.74 Å². The van der Waals surface area contributed by atoms with Gasteiger partial charge in [-0.25, -0.2) is 0 Å². The Morgan fingerprint density at radius 3 is 2.43 bits per heavy atom. The molecule has 1 aromatic heterocycles. The molecule has 2 nitrogen and oxygen atoms in total. The smallest absolute Gasteiger partial charge is 0.389 e. The molecule has 14 heavy (non-hydrogen) atoms. The van der Waals surface area contributed by atoms with E-state index in [0.717, 1.165) is 0 Å². The Hall–Kier alpha value is -1.26. The van der Waals surface area contributed by atoms with Crippen molar-refractivity contribution >= 4 is 0 Å². The molecule has 0 bridgehead atoms. The van der Waals surface area contributed by atoms with Gasteiger partial charge >= 0.3 is 6.18 Å². The third-order valence-electron chi connectivity index (χ3n) is 1.52. The highest BCUT2D eigenvalue weighted by Crippen LogP contribution is 2.21. The van der Waals surface area contributed by atoms with Gasteiger partial charge in [0.25, 0.3) is 0 Å². The highest BCUT2D eigenvalue weighted by Gasteiger charge is 2.25. The summed E-state index contributed by atoms with van der Waals surface area (Å²) in [6.45, 7) is 0.0729. The van der Waals surface area contributed by atoms with Crippen molar-refractivity contribution < 1.29 is 17.9 Å². The van der Waals surface area contributed by atoms with Crippen molar-refractivity contribution in [1.29, 1.82) is 0 Å². The summed E-state index contributed by atoms with van der Waals surface area (Å²) in [6, 6.07) is 3.21. The number of pyridine rings is 1. The number of halogens is 3. The molecular formula is C9H10F3NO. The largest absolute Gasteiger partial charge is 0.493 e. The van der Waals surface area contributed by atoms with E-state index in [1.165, 1.54) is 12.4 Å². The van der Waals surface area contributed by atoms with E-state index in [-0.39, 0.29) is 13.0 Å². The van der Waals surface area contributed by atoms with Crippen LogP contribution in [0, 0.1) is 0 Å². The first kappa shape index (κ1) is 10.8. The Balaban J connectivity index is 2.17. The summed E-state index contributed by atoms with van der Waals surface area (Å²) in [5.41, 5.74) is 0. The van der Waals surface area contributed by atoms with Gasteiger partial charge in [-0.3, -0.25) is 4.98 Å². The van der Waals surface area contributed by atoms with Gasteiger partial charge < -0.3 is 4.74 Å². The quantitative estimate of drug-likeness (QED) is 0.705. The summed E-state index contributed by atoms with van der Waals surface area (Å²) in [5.74, 6) is 0.544. The average molecular weight is 205 g/mol. The minimum Gasteiger partial charge on any atom is -0.493 e. The zero-order valence-corrected chi connectivity index (χ0v) is 7.42. The van der Waals surface area contributed by atoms with Gasteiger partial charge in [0.2, 0.25) is 0 Å². The Morgan fingerprint density at radius 1 is 1.21 bits per heavy atom. The molecular weight excluding hydrogens is 195 g/mol. The molecule has 5 heteroatoms. The second-order valence-corrected chi connectivity index (χ2v) is 2.75. The number of ether oxygens (including phenoxy) is 1. The molecule has 0 unspecified atom stereocenters. The van der Waals surface area contributed by atoms with E-state index >= 15 is 0 Å². The molecule has 1 rings (SSSR count). The zero-order chi connectivity index (χ0) is 10.4. The Labute approximate surface area is 79.7 Å². The highest BCUT2D eigenvalue weighted by atomic mass is 19.4. The van der Waals surface area contributed by atoms with E-state index in [0.29, 0.717) is 5.75 Å². The summed E-state index contributed by atoms with van der Waals surface area (Å²) in [7, 11) is 0. The SMILES string of the molecule is FC(F)(F)CCCOc1ccncc1. The van der Waals surface area contributed by atoms with Crippen LogP contribution in [-0.2, 0) is 0 Å². The second-order valence-electron chi connectivity index (χ2n) is 2.75. The molecule has 0 aliphatic carbocycles. The number of hydrogen-bond acceptors (Lipinski definition) is 2. The van der Waals surface area contributed by atoms with Gasteiger partial charge in [-0.1, -0.05) is 0 Å². The van der Waals surface area contributed by atoms with Gasteiger partial charge in [-0.15, -0.1) is 0 Å². The van der Waals surface area contributed by atoms with Gasteiger partial charge in [-0.05, 0) is 18.6 Å². The molecule has 0 saturated heterocycles. The first-order valence-corrected chi connectivity index (χ1v) is 4.17. The summed E-state index contributed by atoms with van der Waals surface area (Å²) in [5, 5.41) is 0. The molecule has 0 saturated carbocycles. The molecule has 0 amide bonds. The molecule has 0 aromatic carbocycles. The number of aromatic nitrogens is 1. The molecule has 0 atom stereocenters. The molecule has 78 valence electrons. The lowest BCUT2D eigenvalue weighted by molar-refractivity contribution is -0.136. The van der Waals surface area contributed by atoms with Crippen LogP contribution in [0.15, 0.2) is 24.5 Å². The van der Waals surface area contributed by atoms with Crippen molar-refractivity contribution in [3.05, 3.63) is 24.5 Å². The molecule has 0 radical (unpaired) electrons. The van der Waals surface area contributed by atoms with Crippen LogP contribution in [0.2, 0.25) is 0 Å². The first-order chi connectivity index (χ1) is 6.58. The Morgan fingerprint density at radius 2 is 1.86 bits per heavy atom. The molecule has 0 N–H and O–H groups in total. The van der Waals surface area contributed by atoms with Crippen LogP contribution in [-0.4, -0.2) is 17.8 Å². The van der Waals surface area contributed by atoms with Crippen LogP contribution < -0.4 is 4.74 Å². The third kappa shape index (κ3) is 4.69. The fourth-order valence-electron chi connectivity index (χ4n) is 0.897. The van der Waals surface area contributed by atoms with E-state index in [9.17, 15) is 13.2 Å². The van der Waals surface area contributed by atoms with E-state index in [1.807, 2.05) is 0 Å². The molecule has 0 aliphatic rings. The summed E-state index contributed by atoms with van der Waals surface area (Å²) < 4.78 is 40.2. The zero-order valence-electron chi connectivity index (χ0n) is 7.42. The maximum atomic E-state index is 11.7. The first-order valence-electron chi connectivity index (χ1n) is 4.17. The van der Waals surface area contributed by atoms with Crippen molar-refractivity contribution in [2.45, 2.75) is 19.0 Å². The number of rotatable bonds is 4. The third-order valence-corrected chi connectivity index (χ3v) is 1.52. The molecule has 0 aliphatic heterocycles. The minimum absolute atomic E-state index is 0.0220. The number of nitrogens with zero attached hydrogens (tertiary/aromatic N) is 1. The van der Waals surface area contributed by atoms with Crippen LogP contribution in [0.25, 0.3) is 0 Å². The van der Waals surface area contributed by atoms with Crippen LogP contribution >= 0.6 is 0 Å². The van der Waals surface area contributed by atoms with Crippen LogP contribution in [0.3, 0.4) is 0 Å². The fraction of sp³-hybridized carbons (Fsp3) is 0.444. The van der Waals surface area contributed by atoms with Gasteiger partial charge in [0.15, 0.2) is 0 Å². The van der Waals surface area contributed by atoms with Gasteiger partial charge in [0.05, 0.1) is 6.61 Å². The second kappa shape index (κ2) is 4.83. The standard InChI is InChI=1S/C9H10F3NO/c10-9(11,12)4-1-7-14-8-2-5-13-6-3-8/h2-3,5-6H,1,4,7H2. The van der Waals surface area contributed by atoms with Gasteiger partial charge in [0.1, 0.15) is 5.75 Å². The monoisotopic (exact) mass is 205 g/mol. The molecule has 1 aromatic rings. The Kier molecular flexibility index (Phi) is 3.73. The summed E-state index contributed by atoms with van der Waals surface area (Å²) in [6.07, 6.45) is -1.87.